The molecule has 0 radical (unpaired) electrons. The molecule has 0 spiro atoms. The monoisotopic (exact) mass is 218 g/mol. The number of hydrogen-bond acceptors (Lipinski definition) is 3. The molecular formula is C12H14N2S. The summed E-state index contributed by atoms with van der Waals surface area (Å²) in [4.78, 5) is 5.59. The fraction of sp³-hybridized carbons (Fsp3) is 0.250. The maximum Gasteiger partial charge on any atom is 0.0387 e. The Balaban J connectivity index is 2.37. The van der Waals surface area contributed by atoms with Gasteiger partial charge in [-0.2, -0.15) is 0 Å². The Morgan fingerprint density at radius 2 is 2.27 bits per heavy atom. The van der Waals surface area contributed by atoms with Crippen molar-refractivity contribution in [3.63, 3.8) is 0 Å². The first-order chi connectivity index (χ1) is 7.31. The van der Waals surface area contributed by atoms with Crippen molar-refractivity contribution in [2.24, 2.45) is 0 Å². The number of thiophene rings is 1. The molecule has 1 N–H and O–H groups in total. The quantitative estimate of drug-likeness (QED) is 0.857. The van der Waals surface area contributed by atoms with Crippen molar-refractivity contribution in [3.05, 3.63) is 41.0 Å². The van der Waals surface area contributed by atoms with Crippen molar-refractivity contribution >= 4 is 11.3 Å². The van der Waals surface area contributed by atoms with Gasteiger partial charge >= 0.3 is 0 Å². The third-order valence-corrected chi connectivity index (χ3v) is 3.37. The van der Waals surface area contributed by atoms with Crippen LogP contribution in [-0.2, 0) is 6.54 Å². The molecular weight excluding hydrogens is 204 g/mol. The van der Waals surface area contributed by atoms with Crippen molar-refractivity contribution in [1.82, 2.24) is 10.3 Å². The van der Waals surface area contributed by atoms with Gasteiger partial charge in [-0.15, -0.1) is 11.3 Å². The summed E-state index contributed by atoms with van der Waals surface area (Å²) in [5, 5.41) is 5.25. The summed E-state index contributed by atoms with van der Waals surface area (Å²) in [5.41, 5.74) is 3.77. The Kier molecular flexibility index (Phi) is 3.14. The summed E-state index contributed by atoms with van der Waals surface area (Å²) in [6, 6.07) is 4.34. The number of hydrogen-bond donors (Lipinski definition) is 1. The first-order valence-corrected chi connectivity index (χ1v) is 5.82. The van der Waals surface area contributed by atoms with E-state index >= 15 is 0 Å². The van der Waals surface area contributed by atoms with Gasteiger partial charge in [0.2, 0.25) is 0 Å². The minimum atomic E-state index is 0.866. The molecule has 0 unspecified atom stereocenters. The lowest BCUT2D eigenvalue weighted by atomic mass is 10.1. The van der Waals surface area contributed by atoms with E-state index < -0.39 is 0 Å². The van der Waals surface area contributed by atoms with E-state index in [1.165, 1.54) is 21.6 Å². The molecule has 0 bridgehead atoms. The molecule has 2 heterocycles. The topological polar surface area (TPSA) is 24.9 Å². The predicted octanol–water partition coefficient (Wildman–Crippen LogP) is 2.84. The number of rotatable bonds is 3. The molecule has 3 heteroatoms. The van der Waals surface area contributed by atoms with Crippen LogP contribution in [0.4, 0.5) is 0 Å². The Bertz CT molecular complexity index is 448. The summed E-state index contributed by atoms with van der Waals surface area (Å²) in [6.45, 7) is 3.00. The fourth-order valence-electron chi connectivity index (χ4n) is 1.58. The lowest BCUT2D eigenvalue weighted by molar-refractivity contribution is 0.814. The number of nitrogens with one attached hydrogen (secondary N) is 1. The Hall–Kier alpha value is -1.19. The summed E-state index contributed by atoms with van der Waals surface area (Å²) in [7, 11) is 1.95. The average Bonchev–Trinajstić information content (AvgIpc) is 2.65. The molecule has 0 aromatic carbocycles. The van der Waals surface area contributed by atoms with E-state index in [2.05, 4.69) is 34.7 Å². The number of pyridine rings is 1. The van der Waals surface area contributed by atoms with Crippen molar-refractivity contribution < 1.29 is 0 Å². The van der Waals surface area contributed by atoms with Gasteiger partial charge in [-0.25, -0.2) is 0 Å². The second kappa shape index (κ2) is 4.55. The van der Waals surface area contributed by atoms with Crippen LogP contribution in [0.25, 0.3) is 10.4 Å². The molecule has 0 aliphatic carbocycles. The minimum Gasteiger partial charge on any atom is -0.316 e. The Labute approximate surface area is 94.0 Å². The van der Waals surface area contributed by atoms with Gasteiger partial charge in [0.1, 0.15) is 0 Å². The third-order valence-electron chi connectivity index (χ3n) is 2.30. The van der Waals surface area contributed by atoms with E-state index in [0.29, 0.717) is 0 Å². The van der Waals surface area contributed by atoms with Crippen molar-refractivity contribution in [1.29, 1.82) is 0 Å². The number of nitrogens with zero attached hydrogens (tertiary/aromatic N) is 1. The smallest absolute Gasteiger partial charge is 0.0387 e. The highest BCUT2D eigenvalue weighted by atomic mass is 32.1. The first-order valence-electron chi connectivity index (χ1n) is 4.94. The Morgan fingerprint density at radius 1 is 1.40 bits per heavy atom. The average molecular weight is 218 g/mol. The third kappa shape index (κ3) is 2.25. The molecule has 15 heavy (non-hydrogen) atoms. The highest BCUT2D eigenvalue weighted by molar-refractivity contribution is 7.13. The molecule has 0 aliphatic heterocycles. The zero-order valence-electron chi connectivity index (χ0n) is 8.95. The van der Waals surface area contributed by atoms with Gasteiger partial charge in [0, 0.05) is 29.4 Å². The van der Waals surface area contributed by atoms with Crippen LogP contribution in [-0.4, -0.2) is 12.0 Å². The Morgan fingerprint density at radius 3 is 2.93 bits per heavy atom. The van der Waals surface area contributed by atoms with Gasteiger partial charge in [-0.05, 0) is 42.6 Å². The van der Waals surface area contributed by atoms with E-state index in [1.54, 1.807) is 11.3 Å². The van der Waals surface area contributed by atoms with Crippen LogP contribution in [0.2, 0.25) is 0 Å². The molecule has 2 nitrogen and oxygen atoms in total. The summed E-state index contributed by atoms with van der Waals surface area (Å²) in [6.07, 6.45) is 3.83. The van der Waals surface area contributed by atoms with Crippen LogP contribution in [0.5, 0.6) is 0 Å². The van der Waals surface area contributed by atoms with Crippen LogP contribution in [0.3, 0.4) is 0 Å². The van der Waals surface area contributed by atoms with Gasteiger partial charge in [0.15, 0.2) is 0 Å². The number of aryl methyl sites for hydroxylation is 1. The van der Waals surface area contributed by atoms with E-state index in [-0.39, 0.29) is 0 Å². The molecule has 0 fully saturated rings. The van der Waals surface area contributed by atoms with E-state index in [1.807, 2.05) is 19.4 Å². The van der Waals surface area contributed by atoms with E-state index in [9.17, 15) is 0 Å². The second-order valence-electron chi connectivity index (χ2n) is 3.54. The molecule has 2 aromatic heterocycles. The van der Waals surface area contributed by atoms with E-state index in [4.69, 9.17) is 0 Å². The van der Waals surface area contributed by atoms with Gasteiger partial charge in [0.25, 0.3) is 0 Å². The zero-order chi connectivity index (χ0) is 10.7. The van der Waals surface area contributed by atoms with Gasteiger partial charge in [0.05, 0.1) is 0 Å². The lowest BCUT2D eigenvalue weighted by Gasteiger charge is -2.03. The maximum atomic E-state index is 4.27. The summed E-state index contributed by atoms with van der Waals surface area (Å²) >= 11 is 1.77. The van der Waals surface area contributed by atoms with Crippen LogP contribution in [0.15, 0.2) is 29.9 Å². The van der Waals surface area contributed by atoms with Crippen molar-refractivity contribution in [2.75, 3.05) is 7.05 Å². The minimum absolute atomic E-state index is 0.866. The summed E-state index contributed by atoms with van der Waals surface area (Å²) in [5.74, 6) is 0. The standard InChI is InChI=1S/C12H14N2S/c1-9-3-4-15-12(9)11-5-10(6-13-2)7-14-8-11/h3-5,7-8,13H,6H2,1-2H3. The molecule has 0 saturated carbocycles. The SMILES string of the molecule is CNCc1cncc(-c2sccc2C)c1. The molecule has 0 atom stereocenters. The van der Waals surface area contributed by atoms with Crippen LogP contribution in [0, 0.1) is 6.92 Å². The van der Waals surface area contributed by atoms with Gasteiger partial charge in [-0.1, -0.05) is 0 Å². The normalized spacial score (nSPS) is 10.5. The fourth-order valence-corrected chi connectivity index (χ4v) is 2.49. The van der Waals surface area contributed by atoms with Crippen LogP contribution >= 0.6 is 11.3 Å². The molecule has 0 amide bonds. The summed E-state index contributed by atoms with van der Waals surface area (Å²) < 4.78 is 0. The predicted molar refractivity (Wildman–Crippen MR) is 65.1 cm³/mol. The zero-order valence-corrected chi connectivity index (χ0v) is 9.77. The van der Waals surface area contributed by atoms with Gasteiger partial charge < -0.3 is 5.32 Å². The molecule has 78 valence electrons. The maximum absolute atomic E-state index is 4.27. The molecule has 2 rings (SSSR count). The first kappa shape index (κ1) is 10.3. The second-order valence-corrected chi connectivity index (χ2v) is 4.46. The largest absolute Gasteiger partial charge is 0.316 e. The molecule has 0 aliphatic rings. The van der Waals surface area contributed by atoms with E-state index in [0.717, 1.165) is 6.54 Å². The highest BCUT2D eigenvalue weighted by Crippen LogP contribution is 2.28. The highest BCUT2D eigenvalue weighted by Gasteiger charge is 2.04. The lowest BCUT2D eigenvalue weighted by Crippen LogP contribution is -2.05. The molecule has 0 saturated heterocycles. The molecule has 2 aromatic rings. The van der Waals surface area contributed by atoms with Crippen molar-refractivity contribution in [3.8, 4) is 10.4 Å². The van der Waals surface area contributed by atoms with Crippen molar-refractivity contribution in [2.45, 2.75) is 13.5 Å². The van der Waals surface area contributed by atoms with Gasteiger partial charge in [-0.3, -0.25) is 4.98 Å². The number of aromatic nitrogens is 1. The van der Waals surface area contributed by atoms with Crippen LogP contribution in [0.1, 0.15) is 11.1 Å². The van der Waals surface area contributed by atoms with Crippen LogP contribution < -0.4 is 5.32 Å².